The maximum absolute atomic E-state index is 13.3. The van der Waals surface area contributed by atoms with Crippen LogP contribution in [0.25, 0.3) is 10.2 Å². The highest BCUT2D eigenvalue weighted by atomic mass is 32.1. The van der Waals surface area contributed by atoms with Crippen LogP contribution in [0, 0.1) is 18.6 Å². The topological polar surface area (TPSA) is 37.8 Å². The predicted octanol–water partition coefficient (Wildman–Crippen LogP) is 4.25. The van der Waals surface area contributed by atoms with Crippen molar-refractivity contribution in [3.05, 3.63) is 52.7 Å². The number of aryl methyl sites for hydroxylation is 1. The van der Waals surface area contributed by atoms with Gasteiger partial charge in [0.25, 0.3) is 0 Å². The van der Waals surface area contributed by atoms with Gasteiger partial charge in [-0.3, -0.25) is 0 Å². The Bertz CT molecular complexity index is 862. The van der Waals surface area contributed by atoms with Crippen molar-refractivity contribution < 1.29 is 8.78 Å². The molecule has 3 nitrogen and oxygen atoms in total. The zero-order valence-corrected chi connectivity index (χ0v) is 12.6. The number of fused-ring (bicyclic) bond motifs is 1. The van der Waals surface area contributed by atoms with Gasteiger partial charge >= 0.3 is 0 Å². The number of thiophene rings is 1. The first kappa shape index (κ1) is 13.6. The molecule has 2 heterocycles. The van der Waals surface area contributed by atoms with Crippen LogP contribution in [0.15, 0.2) is 30.6 Å². The molecular formula is C16H13F2N3S. The molecule has 0 radical (unpaired) electrons. The number of benzene rings is 1. The summed E-state index contributed by atoms with van der Waals surface area (Å²) in [6.07, 6.45) is 2.44. The van der Waals surface area contributed by atoms with Gasteiger partial charge < -0.3 is 5.32 Å². The number of hydrogen-bond donors (Lipinski definition) is 1. The summed E-state index contributed by atoms with van der Waals surface area (Å²) < 4.78 is 26.3. The van der Waals surface area contributed by atoms with E-state index in [2.05, 4.69) is 21.4 Å². The predicted molar refractivity (Wildman–Crippen MR) is 83.3 cm³/mol. The van der Waals surface area contributed by atoms with E-state index < -0.39 is 11.6 Å². The Balaban J connectivity index is 1.56. The second kappa shape index (κ2) is 4.98. The first-order chi connectivity index (χ1) is 10.6. The SMILES string of the molecule is Cc1cc2c(N[C@@H]3C[C@H]3c3ccc(F)c(F)c3)ncnc2s1. The average molecular weight is 317 g/mol. The van der Waals surface area contributed by atoms with Gasteiger partial charge in [-0.15, -0.1) is 11.3 Å². The lowest BCUT2D eigenvalue weighted by molar-refractivity contribution is 0.507. The molecule has 1 aliphatic rings. The van der Waals surface area contributed by atoms with E-state index in [9.17, 15) is 8.78 Å². The molecule has 112 valence electrons. The van der Waals surface area contributed by atoms with Crippen LogP contribution in [0.5, 0.6) is 0 Å². The van der Waals surface area contributed by atoms with Crippen LogP contribution in [-0.2, 0) is 0 Å². The summed E-state index contributed by atoms with van der Waals surface area (Å²) in [5.41, 5.74) is 0.822. The first-order valence-electron chi connectivity index (χ1n) is 7.04. The minimum absolute atomic E-state index is 0.194. The molecular weight excluding hydrogens is 304 g/mol. The molecule has 1 fully saturated rings. The van der Waals surface area contributed by atoms with Gasteiger partial charge in [0.2, 0.25) is 0 Å². The lowest BCUT2D eigenvalue weighted by Crippen LogP contribution is -2.06. The van der Waals surface area contributed by atoms with Crippen molar-refractivity contribution >= 4 is 27.4 Å². The van der Waals surface area contributed by atoms with E-state index in [1.54, 1.807) is 23.7 Å². The summed E-state index contributed by atoms with van der Waals surface area (Å²) in [4.78, 5) is 10.7. The minimum atomic E-state index is -0.805. The lowest BCUT2D eigenvalue weighted by Gasteiger charge is -2.06. The standard InChI is InChI=1S/C16H13F2N3S/c1-8-4-11-15(19-7-20-16(11)22-8)21-14-6-10(14)9-2-3-12(17)13(18)5-9/h2-5,7,10,14H,6H2,1H3,(H,19,20,21)/t10-,14+/m0/s1. The van der Waals surface area contributed by atoms with E-state index in [-0.39, 0.29) is 12.0 Å². The summed E-state index contributed by atoms with van der Waals surface area (Å²) in [7, 11) is 0. The molecule has 4 rings (SSSR count). The van der Waals surface area contributed by atoms with E-state index in [1.807, 2.05) is 6.92 Å². The van der Waals surface area contributed by atoms with Gasteiger partial charge in [-0.05, 0) is 37.1 Å². The molecule has 2 atom stereocenters. The Labute approximate surface area is 130 Å². The highest BCUT2D eigenvalue weighted by Gasteiger charge is 2.39. The van der Waals surface area contributed by atoms with Crippen LogP contribution in [0.1, 0.15) is 22.8 Å². The quantitative estimate of drug-likeness (QED) is 0.785. The van der Waals surface area contributed by atoms with E-state index in [1.165, 1.54) is 17.0 Å². The molecule has 1 N–H and O–H groups in total. The van der Waals surface area contributed by atoms with Crippen molar-refractivity contribution in [2.24, 2.45) is 0 Å². The van der Waals surface area contributed by atoms with E-state index in [4.69, 9.17) is 0 Å². The van der Waals surface area contributed by atoms with E-state index in [0.717, 1.165) is 28.0 Å². The van der Waals surface area contributed by atoms with E-state index in [0.29, 0.717) is 0 Å². The van der Waals surface area contributed by atoms with E-state index >= 15 is 0 Å². The molecule has 0 aliphatic heterocycles. The normalized spacial score (nSPS) is 20.3. The van der Waals surface area contributed by atoms with Crippen molar-refractivity contribution in [2.45, 2.75) is 25.3 Å². The Morgan fingerprint density at radius 3 is 2.86 bits per heavy atom. The average Bonchev–Trinajstić information content (AvgIpc) is 3.14. The molecule has 2 aromatic heterocycles. The largest absolute Gasteiger partial charge is 0.366 e. The zero-order valence-electron chi connectivity index (χ0n) is 11.8. The Hall–Kier alpha value is -2.08. The number of anilines is 1. The number of nitrogens with zero attached hydrogens (tertiary/aromatic N) is 2. The fourth-order valence-corrected chi connectivity index (χ4v) is 3.58. The highest BCUT2D eigenvalue weighted by Crippen LogP contribution is 2.43. The summed E-state index contributed by atoms with van der Waals surface area (Å²) in [5, 5.41) is 4.41. The second-order valence-electron chi connectivity index (χ2n) is 5.56. The monoisotopic (exact) mass is 317 g/mol. The molecule has 0 spiro atoms. The lowest BCUT2D eigenvalue weighted by atomic mass is 10.1. The smallest absolute Gasteiger partial charge is 0.159 e. The van der Waals surface area contributed by atoms with Crippen LogP contribution >= 0.6 is 11.3 Å². The highest BCUT2D eigenvalue weighted by molar-refractivity contribution is 7.18. The first-order valence-corrected chi connectivity index (χ1v) is 7.86. The van der Waals surface area contributed by atoms with Crippen LogP contribution in [0.4, 0.5) is 14.6 Å². The number of hydrogen-bond acceptors (Lipinski definition) is 4. The van der Waals surface area contributed by atoms with Gasteiger partial charge in [0.15, 0.2) is 11.6 Å². The van der Waals surface area contributed by atoms with Crippen molar-refractivity contribution in [3.63, 3.8) is 0 Å². The second-order valence-corrected chi connectivity index (χ2v) is 6.80. The maximum atomic E-state index is 13.3. The molecule has 22 heavy (non-hydrogen) atoms. The van der Waals surface area contributed by atoms with Gasteiger partial charge in [0.1, 0.15) is 17.0 Å². The zero-order chi connectivity index (χ0) is 15.3. The molecule has 0 bridgehead atoms. The Morgan fingerprint density at radius 2 is 2.05 bits per heavy atom. The molecule has 1 saturated carbocycles. The fourth-order valence-electron chi connectivity index (χ4n) is 2.73. The minimum Gasteiger partial charge on any atom is -0.366 e. The summed E-state index contributed by atoms with van der Waals surface area (Å²) in [5.74, 6) is -0.592. The number of rotatable bonds is 3. The molecule has 1 aromatic carbocycles. The van der Waals surface area contributed by atoms with Gasteiger partial charge in [-0.25, -0.2) is 18.7 Å². The van der Waals surface area contributed by atoms with Crippen molar-refractivity contribution in [1.29, 1.82) is 0 Å². The van der Waals surface area contributed by atoms with Crippen LogP contribution < -0.4 is 5.32 Å². The third-order valence-electron chi connectivity index (χ3n) is 3.94. The van der Waals surface area contributed by atoms with Gasteiger partial charge in [0.05, 0.1) is 5.39 Å². The number of aromatic nitrogens is 2. The van der Waals surface area contributed by atoms with Gasteiger partial charge in [-0.1, -0.05) is 6.07 Å². The third-order valence-corrected chi connectivity index (χ3v) is 4.90. The van der Waals surface area contributed by atoms with Gasteiger partial charge in [0, 0.05) is 16.8 Å². The van der Waals surface area contributed by atoms with Crippen molar-refractivity contribution in [1.82, 2.24) is 9.97 Å². The molecule has 0 unspecified atom stereocenters. The molecule has 1 aliphatic carbocycles. The fraction of sp³-hybridized carbons (Fsp3) is 0.250. The molecule has 3 aromatic rings. The third kappa shape index (κ3) is 2.33. The maximum Gasteiger partial charge on any atom is 0.159 e. The number of nitrogens with one attached hydrogen (secondary N) is 1. The van der Waals surface area contributed by atoms with Crippen molar-refractivity contribution in [3.8, 4) is 0 Å². The molecule has 6 heteroatoms. The number of halogens is 2. The Kier molecular flexibility index (Phi) is 3.07. The van der Waals surface area contributed by atoms with Crippen LogP contribution in [0.2, 0.25) is 0 Å². The van der Waals surface area contributed by atoms with Gasteiger partial charge in [-0.2, -0.15) is 0 Å². The van der Waals surface area contributed by atoms with Crippen molar-refractivity contribution in [2.75, 3.05) is 5.32 Å². The van der Waals surface area contributed by atoms with Crippen LogP contribution in [-0.4, -0.2) is 16.0 Å². The summed E-state index contributed by atoms with van der Waals surface area (Å²) in [6, 6.07) is 6.38. The summed E-state index contributed by atoms with van der Waals surface area (Å²) in [6.45, 7) is 2.04. The Morgan fingerprint density at radius 1 is 1.18 bits per heavy atom. The molecule has 0 saturated heterocycles. The summed E-state index contributed by atoms with van der Waals surface area (Å²) >= 11 is 1.63. The molecule has 0 amide bonds. The van der Waals surface area contributed by atoms with Crippen LogP contribution in [0.3, 0.4) is 0 Å².